The van der Waals surface area contributed by atoms with Crippen molar-refractivity contribution in [2.24, 2.45) is 0 Å². The van der Waals surface area contributed by atoms with Crippen molar-refractivity contribution in [3.63, 3.8) is 0 Å². The van der Waals surface area contributed by atoms with Gasteiger partial charge < -0.3 is 19.3 Å². The number of hydrogen-bond donors (Lipinski definition) is 2. The Hall–Kier alpha value is -2.65. The Balaban J connectivity index is 1.41. The maximum atomic E-state index is 12.6. The minimum atomic E-state index is -3.35. The van der Waals surface area contributed by atoms with Crippen LogP contribution in [-0.2, 0) is 33.9 Å². The van der Waals surface area contributed by atoms with Crippen molar-refractivity contribution in [3.8, 4) is 0 Å². The molecule has 0 bridgehead atoms. The average molecular weight is 460 g/mol. The second-order valence-electron chi connectivity index (χ2n) is 8.87. The molecule has 170 valence electrons. The SMILES string of the molecule is Cc1c(CCC(=O)NC2CS(=O)(=O)CC2O)c(=O)oc2cc3oc4c(c3cc12)CCCC4. The third kappa shape index (κ3) is 3.73. The van der Waals surface area contributed by atoms with Crippen molar-refractivity contribution in [1.82, 2.24) is 5.32 Å². The van der Waals surface area contributed by atoms with E-state index in [-0.39, 0.29) is 24.3 Å². The molecule has 2 aromatic heterocycles. The lowest BCUT2D eigenvalue weighted by molar-refractivity contribution is -0.122. The summed E-state index contributed by atoms with van der Waals surface area (Å²) in [5, 5.41) is 14.3. The van der Waals surface area contributed by atoms with Gasteiger partial charge in [0, 0.05) is 40.8 Å². The highest BCUT2D eigenvalue weighted by Crippen LogP contribution is 2.35. The van der Waals surface area contributed by atoms with Crippen molar-refractivity contribution >= 4 is 37.7 Å². The minimum Gasteiger partial charge on any atom is -0.461 e. The van der Waals surface area contributed by atoms with E-state index < -0.39 is 33.5 Å². The normalized spacial score (nSPS) is 22.3. The number of hydrogen-bond acceptors (Lipinski definition) is 7. The van der Waals surface area contributed by atoms with E-state index in [2.05, 4.69) is 5.32 Å². The van der Waals surface area contributed by atoms with Crippen LogP contribution in [0, 0.1) is 6.92 Å². The molecule has 1 saturated heterocycles. The lowest BCUT2D eigenvalue weighted by Crippen LogP contribution is -2.42. The lowest BCUT2D eigenvalue weighted by atomic mass is 9.94. The Labute approximate surface area is 184 Å². The number of fused-ring (bicyclic) bond motifs is 4. The minimum absolute atomic E-state index is 0.0102. The number of furan rings is 1. The number of aliphatic hydroxyl groups is 1. The number of carbonyl (C=O) groups is 1. The second kappa shape index (κ2) is 7.74. The average Bonchev–Trinajstić information content (AvgIpc) is 3.21. The number of benzene rings is 1. The van der Waals surface area contributed by atoms with Crippen LogP contribution in [0.5, 0.6) is 0 Å². The molecule has 2 N–H and O–H groups in total. The molecule has 2 atom stereocenters. The Bertz CT molecular complexity index is 1400. The number of aliphatic hydroxyl groups excluding tert-OH is 1. The first-order valence-corrected chi connectivity index (χ1v) is 12.7. The van der Waals surface area contributed by atoms with Crippen molar-refractivity contribution in [2.75, 3.05) is 11.5 Å². The van der Waals surface area contributed by atoms with Gasteiger partial charge in [0.05, 0.1) is 23.7 Å². The molecular formula is C23H25NO7S. The van der Waals surface area contributed by atoms with Crippen LogP contribution in [0.2, 0.25) is 0 Å². The maximum Gasteiger partial charge on any atom is 0.339 e. The van der Waals surface area contributed by atoms with E-state index in [1.54, 1.807) is 6.07 Å². The van der Waals surface area contributed by atoms with Gasteiger partial charge in [-0.25, -0.2) is 13.2 Å². The van der Waals surface area contributed by atoms with Crippen molar-refractivity contribution < 1.29 is 27.2 Å². The molecule has 3 aromatic rings. The van der Waals surface area contributed by atoms with Gasteiger partial charge in [0.2, 0.25) is 5.91 Å². The Morgan fingerprint density at radius 2 is 1.88 bits per heavy atom. The van der Waals surface area contributed by atoms with E-state index in [1.807, 2.05) is 13.0 Å². The zero-order valence-electron chi connectivity index (χ0n) is 17.8. The highest BCUT2D eigenvalue weighted by molar-refractivity contribution is 7.91. The van der Waals surface area contributed by atoms with Crippen LogP contribution in [-0.4, -0.2) is 43.1 Å². The third-order valence-electron chi connectivity index (χ3n) is 6.63. The van der Waals surface area contributed by atoms with E-state index in [1.165, 1.54) is 5.56 Å². The standard InChI is InChI=1S/C23H25NO7S/c1-12-13(6-7-22(26)24-17-10-32(28,29)11-18(17)25)23(27)31-20-9-21-16(8-15(12)20)14-4-2-3-5-19(14)30-21/h8-9,17-18,25H,2-7,10-11H2,1H3,(H,24,26). The molecule has 32 heavy (non-hydrogen) atoms. The molecule has 1 fully saturated rings. The number of rotatable bonds is 4. The molecule has 2 unspecified atom stereocenters. The first-order chi connectivity index (χ1) is 15.2. The summed E-state index contributed by atoms with van der Waals surface area (Å²) in [5.41, 5.74) is 3.10. The molecule has 0 spiro atoms. The van der Waals surface area contributed by atoms with Gasteiger partial charge in [-0.2, -0.15) is 0 Å². The van der Waals surface area contributed by atoms with Crippen molar-refractivity contribution in [2.45, 2.75) is 57.6 Å². The molecule has 0 saturated carbocycles. The van der Waals surface area contributed by atoms with Gasteiger partial charge >= 0.3 is 5.63 Å². The fourth-order valence-electron chi connectivity index (χ4n) is 4.92. The highest BCUT2D eigenvalue weighted by Gasteiger charge is 2.37. The molecule has 9 heteroatoms. The van der Waals surface area contributed by atoms with E-state index >= 15 is 0 Å². The van der Waals surface area contributed by atoms with Crippen LogP contribution in [0.25, 0.3) is 21.9 Å². The van der Waals surface area contributed by atoms with Gasteiger partial charge in [-0.15, -0.1) is 0 Å². The summed E-state index contributed by atoms with van der Waals surface area (Å²) >= 11 is 0. The third-order valence-corrected chi connectivity index (χ3v) is 8.35. The number of sulfone groups is 1. The summed E-state index contributed by atoms with van der Waals surface area (Å²) in [4.78, 5) is 25.0. The topological polar surface area (TPSA) is 127 Å². The summed E-state index contributed by atoms with van der Waals surface area (Å²) in [6.45, 7) is 1.85. The molecule has 8 nitrogen and oxygen atoms in total. The Morgan fingerprint density at radius 3 is 2.62 bits per heavy atom. The fourth-order valence-corrected chi connectivity index (χ4v) is 6.66. The summed E-state index contributed by atoms with van der Waals surface area (Å²) < 4.78 is 34.8. The first-order valence-electron chi connectivity index (χ1n) is 10.9. The Kier molecular flexibility index (Phi) is 5.13. The van der Waals surface area contributed by atoms with Gasteiger partial charge in [-0.05, 0) is 44.2 Å². The molecule has 0 radical (unpaired) electrons. The van der Waals surface area contributed by atoms with E-state index in [9.17, 15) is 23.1 Å². The van der Waals surface area contributed by atoms with Crippen LogP contribution >= 0.6 is 0 Å². The summed E-state index contributed by atoms with van der Waals surface area (Å²) in [6.07, 6.45) is 3.16. The van der Waals surface area contributed by atoms with Crippen LogP contribution in [0.4, 0.5) is 0 Å². The molecular weight excluding hydrogens is 434 g/mol. The summed E-state index contributed by atoms with van der Waals surface area (Å²) in [7, 11) is -3.35. The van der Waals surface area contributed by atoms with Gasteiger partial charge in [-0.3, -0.25) is 4.79 Å². The maximum absolute atomic E-state index is 12.6. The van der Waals surface area contributed by atoms with Crippen LogP contribution in [0.1, 0.15) is 41.7 Å². The van der Waals surface area contributed by atoms with E-state index in [0.29, 0.717) is 11.1 Å². The smallest absolute Gasteiger partial charge is 0.339 e. The molecule has 2 aliphatic rings. The van der Waals surface area contributed by atoms with Crippen LogP contribution in [0.15, 0.2) is 25.8 Å². The quantitative estimate of drug-likeness (QED) is 0.571. The highest BCUT2D eigenvalue weighted by atomic mass is 32.2. The van der Waals surface area contributed by atoms with Gasteiger partial charge in [0.25, 0.3) is 0 Å². The summed E-state index contributed by atoms with van der Waals surface area (Å²) in [6, 6.07) is 2.97. The fraction of sp³-hybridized carbons (Fsp3) is 0.478. The second-order valence-corrected chi connectivity index (χ2v) is 11.0. The number of carbonyl (C=O) groups excluding carboxylic acids is 1. The van der Waals surface area contributed by atoms with Crippen LogP contribution in [0.3, 0.4) is 0 Å². The lowest BCUT2D eigenvalue weighted by Gasteiger charge is -2.15. The van der Waals surface area contributed by atoms with Gasteiger partial charge in [0.1, 0.15) is 16.9 Å². The monoisotopic (exact) mass is 459 g/mol. The molecule has 1 aliphatic heterocycles. The molecule has 3 heterocycles. The van der Waals surface area contributed by atoms with Gasteiger partial charge in [-0.1, -0.05) is 0 Å². The zero-order chi connectivity index (χ0) is 22.6. The first kappa shape index (κ1) is 21.2. The predicted octanol–water partition coefficient (Wildman–Crippen LogP) is 1.93. The number of amides is 1. The molecule has 1 amide bonds. The largest absolute Gasteiger partial charge is 0.461 e. The van der Waals surface area contributed by atoms with Gasteiger partial charge in [0.15, 0.2) is 9.84 Å². The van der Waals surface area contributed by atoms with E-state index in [4.69, 9.17) is 8.83 Å². The van der Waals surface area contributed by atoms with Crippen molar-refractivity contribution in [1.29, 1.82) is 0 Å². The van der Waals surface area contributed by atoms with Crippen LogP contribution < -0.4 is 10.9 Å². The predicted molar refractivity (Wildman–Crippen MR) is 119 cm³/mol. The molecule has 5 rings (SSSR count). The van der Waals surface area contributed by atoms with E-state index in [0.717, 1.165) is 53.4 Å². The molecule has 1 aromatic carbocycles. The number of aryl methyl sites for hydroxylation is 3. The van der Waals surface area contributed by atoms with Crippen molar-refractivity contribution in [3.05, 3.63) is 45.0 Å². The Morgan fingerprint density at radius 1 is 1.12 bits per heavy atom. The molecule has 1 aliphatic carbocycles. The zero-order valence-corrected chi connectivity index (χ0v) is 18.6. The number of nitrogens with one attached hydrogen (secondary N) is 1. The summed E-state index contributed by atoms with van der Waals surface area (Å²) in [5.74, 6) is -0.0292.